The normalized spacial score (nSPS) is 12.7. The zero-order valence-electron chi connectivity index (χ0n) is 6.68. The molecule has 0 heterocycles. The van der Waals surface area contributed by atoms with Crippen molar-refractivity contribution in [3.8, 4) is 0 Å². The molecule has 0 spiro atoms. The van der Waals surface area contributed by atoms with Crippen LogP contribution in [0.3, 0.4) is 0 Å². The second-order valence-corrected chi connectivity index (χ2v) is 3.34. The summed E-state index contributed by atoms with van der Waals surface area (Å²) >= 11 is 1.67. The van der Waals surface area contributed by atoms with Crippen LogP contribution in [0.4, 0.5) is 0 Å². The third-order valence-corrected chi connectivity index (χ3v) is 2.25. The molecule has 0 saturated carbocycles. The molecule has 0 aliphatic carbocycles. The van der Waals surface area contributed by atoms with Crippen molar-refractivity contribution >= 4 is 11.8 Å². The van der Waals surface area contributed by atoms with Gasteiger partial charge in [-0.05, 0) is 37.1 Å². The molecule has 10 heavy (non-hydrogen) atoms. The van der Waals surface area contributed by atoms with E-state index in [-0.39, 0.29) is 0 Å². The standard InChI is InChI=1S/C8H15NS/c1-4-10-8(3)7(2)5-6-9/h4H,1,5-6,9H2,2-3H3/b8-7+. The Hall–Kier alpha value is -0.210. The van der Waals surface area contributed by atoms with Crippen molar-refractivity contribution in [1.29, 1.82) is 0 Å². The van der Waals surface area contributed by atoms with Crippen molar-refractivity contribution in [2.75, 3.05) is 6.54 Å². The molecule has 2 heteroatoms. The smallest absolute Gasteiger partial charge is 0.00397 e. The van der Waals surface area contributed by atoms with Gasteiger partial charge in [-0.15, -0.1) is 11.8 Å². The van der Waals surface area contributed by atoms with Crippen LogP contribution >= 0.6 is 11.8 Å². The molecule has 0 atom stereocenters. The quantitative estimate of drug-likeness (QED) is 0.678. The van der Waals surface area contributed by atoms with Crippen molar-refractivity contribution < 1.29 is 0 Å². The molecule has 0 radical (unpaired) electrons. The van der Waals surface area contributed by atoms with Crippen LogP contribution in [0.15, 0.2) is 22.5 Å². The van der Waals surface area contributed by atoms with Crippen LogP contribution < -0.4 is 5.73 Å². The molecule has 0 unspecified atom stereocenters. The summed E-state index contributed by atoms with van der Waals surface area (Å²) in [6.45, 7) is 8.58. The summed E-state index contributed by atoms with van der Waals surface area (Å²) in [5, 5.41) is 1.84. The molecule has 0 aromatic heterocycles. The zero-order chi connectivity index (χ0) is 7.98. The molecule has 2 N–H and O–H groups in total. The van der Waals surface area contributed by atoms with Crippen LogP contribution in [-0.2, 0) is 0 Å². The highest BCUT2D eigenvalue weighted by molar-refractivity contribution is 8.05. The lowest BCUT2D eigenvalue weighted by Gasteiger charge is -2.01. The maximum atomic E-state index is 5.39. The Kier molecular flexibility index (Phi) is 5.45. The largest absolute Gasteiger partial charge is 0.330 e. The van der Waals surface area contributed by atoms with Crippen LogP contribution in [0, 0.1) is 0 Å². The van der Waals surface area contributed by atoms with E-state index >= 15 is 0 Å². The predicted octanol–water partition coefficient (Wildman–Crippen LogP) is 2.51. The molecule has 0 aromatic carbocycles. The fourth-order valence-electron chi connectivity index (χ4n) is 0.618. The minimum absolute atomic E-state index is 0.737. The lowest BCUT2D eigenvalue weighted by atomic mass is 10.2. The number of rotatable bonds is 4. The van der Waals surface area contributed by atoms with Crippen molar-refractivity contribution in [2.45, 2.75) is 20.3 Å². The Morgan fingerprint density at radius 3 is 2.60 bits per heavy atom. The lowest BCUT2D eigenvalue weighted by molar-refractivity contribution is 0.944. The Labute approximate surface area is 67.4 Å². The first-order valence-corrected chi connectivity index (χ1v) is 4.24. The topological polar surface area (TPSA) is 26.0 Å². The van der Waals surface area contributed by atoms with Gasteiger partial charge in [0.25, 0.3) is 0 Å². The van der Waals surface area contributed by atoms with Gasteiger partial charge in [-0.3, -0.25) is 0 Å². The molecule has 58 valence electrons. The van der Waals surface area contributed by atoms with Gasteiger partial charge in [-0.2, -0.15) is 0 Å². The summed E-state index contributed by atoms with van der Waals surface area (Å²) in [5.41, 5.74) is 6.76. The first-order valence-electron chi connectivity index (χ1n) is 3.36. The van der Waals surface area contributed by atoms with E-state index in [0.29, 0.717) is 0 Å². The molecule has 0 bridgehead atoms. The molecule has 0 aliphatic rings. The molecule has 0 amide bonds. The molecular formula is C8H15NS. The Bertz CT molecular complexity index is 138. The molecule has 1 nitrogen and oxygen atoms in total. The molecular weight excluding hydrogens is 142 g/mol. The van der Waals surface area contributed by atoms with E-state index in [2.05, 4.69) is 20.4 Å². The fourth-order valence-corrected chi connectivity index (χ4v) is 1.17. The van der Waals surface area contributed by atoms with Crippen LogP contribution in [-0.4, -0.2) is 6.54 Å². The van der Waals surface area contributed by atoms with Crippen molar-refractivity contribution in [3.05, 3.63) is 22.5 Å². The van der Waals surface area contributed by atoms with E-state index in [9.17, 15) is 0 Å². The summed E-state index contributed by atoms with van der Waals surface area (Å²) in [4.78, 5) is 1.32. The SMILES string of the molecule is C=CS/C(C)=C(\C)CCN. The second kappa shape index (κ2) is 5.57. The van der Waals surface area contributed by atoms with Crippen molar-refractivity contribution in [3.63, 3.8) is 0 Å². The van der Waals surface area contributed by atoms with Crippen LogP contribution in [0.25, 0.3) is 0 Å². The monoisotopic (exact) mass is 157 g/mol. The van der Waals surface area contributed by atoms with Gasteiger partial charge in [0.05, 0.1) is 0 Å². The number of allylic oxidation sites excluding steroid dienone is 1. The fraction of sp³-hybridized carbons (Fsp3) is 0.500. The minimum atomic E-state index is 0.737. The van der Waals surface area contributed by atoms with Gasteiger partial charge in [0.1, 0.15) is 0 Å². The van der Waals surface area contributed by atoms with E-state index in [0.717, 1.165) is 13.0 Å². The molecule has 0 rings (SSSR count). The molecule has 0 fully saturated rings. The first kappa shape index (κ1) is 9.79. The van der Waals surface area contributed by atoms with Crippen LogP contribution in [0.5, 0.6) is 0 Å². The highest BCUT2D eigenvalue weighted by atomic mass is 32.2. The van der Waals surface area contributed by atoms with Crippen LogP contribution in [0.1, 0.15) is 20.3 Å². The average molecular weight is 157 g/mol. The molecule has 0 saturated heterocycles. The van der Waals surface area contributed by atoms with Crippen LogP contribution in [0.2, 0.25) is 0 Å². The highest BCUT2D eigenvalue weighted by Gasteiger charge is 1.93. The molecule has 0 aliphatic heterocycles. The average Bonchev–Trinajstić information content (AvgIpc) is 1.89. The van der Waals surface area contributed by atoms with Gasteiger partial charge in [-0.1, -0.05) is 12.2 Å². The van der Waals surface area contributed by atoms with Gasteiger partial charge in [0.15, 0.2) is 0 Å². The van der Waals surface area contributed by atoms with E-state index in [1.807, 2.05) is 5.41 Å². The Morgan fingerprint density at radius 1 is 1.60 bits per heavy atom. The Morgan fingerprint density at radius 2 is 2.20 bits per heavy atom. The summed E-state index contributed by atoms with van der Waals surface area (Å²) < 4.78 is 0. The van der Waals surface area contributed by atoms with E-state index < -0.39 is 0 Å². The highest BCUT2D eigenvalue weighted by Crippen LogP contribution is 2.20. The van der Waals surface area contributed by atoms with E-state index in [1.54, 1.807) is 11.8 Å². The minimum Gasteiger partial charge on any atom is -0.330 e. The van der Waals surface area contributed by atoms with E-state index in [1.165, 1.54) is 10.5 Å². The van der Waals surface area contributed by atoms with Gasteiger partial charge >= 0.3 is 0 Å². The predicted molar refractivity (Wildman–Crippen MR) is 49.8 cm³/mol. The summed E-state index contributed by atoms with van der Waals surface area (Å²) in [6.07, 6.45) is 0.993. The number of thioether (sulfide) groups is 1. The first-order chi connectivity index (χ1) is 4.72. The molecule has 0 aromatic rings. The maximum absolute atomic E-state index is 5.39. The third-order valence-electron chi connectivity index (χ3n) is 1.38. The third kappa shape index (κ3) is 3.75. The summed E-state index contributed by atoms with van der Waals surface area (Å²) in [6, 6.07) is 0. The summed E-state index contributed by atoms with van der Waals surface area (Å²) in [5.74, 6) is 0. The van der Waals surface area contributed by atoms with Crippen molar-refractivity contribution in [1.82, 2.24) is 0 Å². The Balaban J connectivity index is 3.90. The maximum Gasteiger partial charge on any atom is -0.00397 e. The number of hydrogen-bond acceptors (Lipinski definition) is 2. The lowest BCUT2D eigenvalue weighted by Crippen LogP contribution is -1.99. The number of nitrogens with two attached hydrogens (primary N) is 1. The van der Waals surface area contributed by atoms with Gasteiger partial charge in [-0.25, -0.2) is 0 Å². The van der Waals surface area contributed by atoms with Crippen molar-refractivity contribution in [2.24, 2.45) is 5.73 Å². The summed E-state index contributed by atoms with van der Waals surface area (Å²) in [7, 11) is 0. The van der Waals surface area contributed by atoms with Gasteiger partial charge < -0.3 is 5.73 Å². The van der Waals surface area contributed by atoms with E-state index in [4.69, 9.17) is 5.73 Å². The number of hydrogen-bond donors (Lipinski definition) is 1. The second-order valence-electron chi connectivity index (χ2n) is 2.16. The zero-order valence-corrected chi connectivity index (χ0v) is 7.50. The van der Waals surface area contributed by atoms with Gasteiger partial charge in [0.2, 0.25) is 0 Å². The van der Waals surface area contributed by atoms with Gasteiger partial charge in [0, 0.05) is 0 Å².